The van der Waals surface area contributed by atoms with Gasteiger partial charge in [0, 0.05) is 31.6 Å². The second-order valence-corrected chi connectivity index (χ2v) is 6.46. The van der Waals surface area contributed by atoms with Gasteiger partial charge in [-0.3, -0.25) is 0 Å². The Bertz CT molecular complexity index is 771. The second-order valence-electron chi connectivity index (χ2n) is 6.46. The number of aryl methyl sites for hydroxylation is 3. The van der Waals surface area contributed by atoms with Crippen LogP contribution in [0.15, 0.2) is 18.2 Å². The normalized spacial score (nSPS) is 16.7. The highest BCUT2D eigenvalue weighted by molar-refractivity contribution is 5.85. The number of hydrogen-bond acceptors (Lipinski definition) is 3. The molecule has 1 aromatic heterocycles. The summed E-state index contributed by atoms with van der Waals surface area (Å²) < 4.78 is 0. The number of pyridine rings is 1. The number of carbonyl (C=O) groups excluding carboxylic acids is 1. The molecule has 0 unspecified atom stereocenters. The van der Waals surface area contributed by atoms with E-state index in [2.05, 4.69) is 35.8 Å². The van der Waals surface area contributed by atoms with Gasteiger partial charge in [-0.05, 0) is 61.1 Å². The molecule has 0 spiro atoms. The maximum Gasteiger partial charge on any atom is 0.317 e. The number of rotatable bonds is 4. The van der Waals surface area contributed by atoms with E-state index in [0.29, 0.717) is 6.54 Å². The number of hydrogen-bond donors (Lipinski definition) is 2. The largest absolute Gasteiger partial charge is 0.368 e. The average molecular weight is 310 g/mol. The molecule has 1 saturated heterocycles. The Balaban J connectivity index is 1.51. The SMILES string of the molecule is Cc1cc(NCCN2CCNC2=O)nc2cc3c(cc12)CCC3. The molecule has 2 aromatic rings. The van der Waals surface area contributed by atoms with E-state index < -0.39 is 0 Å². The van der Waals surface area contributed by atoms with E-state index >= 15 is 0 Å². The van der Waals surface area contributed by atoms with Crippen LogP contribution in [-0.4, -0.2) is 42.1 Å². The first-order chi connectivity index (χ1) is 11.2. The van der Waals surface area contributed by atoms with Crippen molar-refractivity contribution in [2.45, 2.75) is 26.2 Å². The summed E-state index contributed by atoms with van der Waals surface area (Å²) in [5, 5.41) is 7.44. The van der Waals surface area contributed by atoms with Crippen molar-refractivity contribution < 1.29 is 4.79 Å². The number of amides is 2. The lowest BCUT2D eigenvalue weighted by atomic mass is 10.0. The minimum Gasteiger partial charge on any atom is -0.368 e. The molecule has 23 heavy (non-hydrogen) atoms. The van der Waals surface area contributed by atoms with Crippen LogP contribution in [0.2, 0.25) is 0 Å². The molecule has 2 heterocycles. The molecule has 120 valence electrons. The second kappa shape index (κ2) is 5.72. The summed E-state index contributed by atoms with van der Waals surface area (Å²) in [7, 11) is 0. The number of anilines is 1. The van der Waals surface area contributed by atoms with Gasteiger partial charge in [0.15, 0.2) is 0 Å². The molecule has 0 bridgehead atoms. The zero-order valence-corrected chi connectivity index (χ0v) is 13.5. The fourth-order valence-electron chi connectivity index (χ4n) is 3.60. The topological polar surface area (TPSA) is 57.3 Å². The van der Waals surface area contributed by atoms with Gasteiger partial charge in [-0.1, -0.05) is 0 Å². The predicted molar refractivity (Wildman–Crippen MR) is 92.0 cm³/mol. The fraction of sp³-hybridized carbons (Fsp3) is 0.444. The molecule has 0 saturated carbocycles. The van der Waals surface area contributed by atoms with Crippen LogP contribution in [0, 0.1) is 6.92 Å². The van der Waals surface area contributed by atoms with E-state index in [4.69, 9.17) is 4.98 Å². The molecule has 5 heteroatoms. The van der Waals surface area contributed by atoms with Crippen molar-refractivity contribution in [3.63, 3.8) is 0 Å². The molecule has 1 aromatic carbocycles. The van der Waals surface area contributed by atoms with Gasteiger partial charge in [0.05, 0.1) is 5.52 Å². The molecule has 2 amide bonds. The highest BCUT2D eigenvalue weighted by atomic mass is 16.2. The number of benzene rings is 1. The maximum atomic E-state index is 11.5. The molecule has 1 aliphatic heterocycles. The highest BCUT2D eigenvalue weighted by Gasteiger charge is 2.18. The van der Waals surface area contributed by atoms with Gasteiger partial charge in [-0.15, -0.1) is 0 Å². The van der Waals surface area contributed by atoms with Crippen LogP contribution in [0.25, 0.3) is 10.9 Å². The lowest BCUT2D eigenvalue weighted by molar-refractivity contribution is 0.219. The van der Waals surface area contributed by atoms with Crippen molar-refractivity contribution in [1.29, 1.82) is 0 Å². The Morgan fingerprint density at radius 2 is 2.09 bits per heavy atom. The Kier molecular flexibility index (Phi) is 3.56. The number of carbonyl (C=O) groups is 1. The van der Waals surface area contributed by atoms with Crippen LogP contribution in [0.3, 0.4) is 0 Å². The van der Waals surface area contributed by atoms with Gasteiger partial charge in [0.25, 0.3) is 0 Å². The average Bonchev–Trinajstić information content (AvgIpc) is 3.14. The van der Waals surface area contributed by atoms with E-state index in [1.54, 1.807) is 0 Å². The number of nitrogens with one attached hydrogen (secondary N) is 2. The molecular weight excluding hydrogens is 288 g/mol. The van der Waals surface area contributed by atoms with Gasteiger partial charge in [0.2, 0.25) is 0 Å². The number of nitrogens with zero attached hydrogens (tertiary/aromatic N) is 2. The number of urea groups is 1. The van der Waals surface area contributed by atoms with Gasteiger partial charge in [-0.25, -0.2) is 9.78 Å². The number of fused-ring (bicyclic) bond motifs is 2. The zero-order chi connectivity index (χ0) is 15.8. The summed E-state index contributed by atoms with van der Waals surface area (Å²) in [5.41, 5.74) is 5.27. The molecule has 0 radical (unpaired) electrons. The van der Waals surface area contributed by atoms with Gasteiger partial charge in [0.1, 0.15) is 5.82 Å². The lowest BCUT2D eigenvalue weighted by Gasteiger charge is -2.15. The van der Waals surface area contributed by atoms with Crippen molar-refractivity contribution in [2.24, 2.45) is 0 Å². The van der Waals surface area contributed by atoms with Gasteiger partial charge >= 0.3 is 6.03 Å². The molecule has 2 N–H and O–H groups in total. The molecule has 1 aliphatic carbocycles. The van der Waals surface area contributed by atoms with Crippen LogP contribution in [-0.2, 0) is 12.8 Å². The van der Waals surface area contributed by atoms with E-state index in [1.807, 2.05) is 4.90 Å². The lowest BCUT2D eigenvalue weighted by Crippen LogP contribution is -2.32. The third-order valence-electron chi connectivity index (χ3n) is 4.86. The maximum absolute atomic E-state index is 11.5. The Morgan fingerprint density at radius 1 is 1.26 bits per heavy atom. The summed E-state index contributed by atoms with van der Waals surface area (Å²) in [6.45, 7) is 5.10. The van der Waals surface area contributed by atoms with E-state index in [1.165, 1.54) is 41.3 Å². The van der Waals surface area contributed by atoms with E-state index in [-0.39, 0.29) is 6.03 Å². The molecule has 1 fully saturated rings. The van der Waals surface area contributed by atoms with Crippen LogP contribution >= 0.6 is 0 Å². The highest BCUT2D eigenvalue weighted by Crippen LogP contribution is 2.29. The summed E-state index contributed by atoms with van der Waals surface area (Å²) >= 11 is 0. The minimum atomic E-state index is 0.0324. The predicted octanol–water partition coefficient (Wildman–Crippen LogP) is 2.47. The summed E-state index contributed by atoms with van der Waals surface area (Å²) in [4.78, 5) is 18.1. The monoisotopic (exact) mass is 310 g/mol. The first-order valence-corrected chi connectivity index (χ1v) is 8.40. The van der Waals surface area contributed by atoms with Crippen molar-refractivity contribution in [3.05, 3.63) is 34.9 Å². The Morgan fingerprint density at radius 3 is 2.87 bits per heavy atom. The number of aromatic nitrogens is 1. The smallest absolute Gasteiger partial charge is 0.317 e. The first kappa shape index (κ1) is 14.3. The minimum absolute atomic E-state index is 0.0324. The van der Waals surface area contributed by atoms with E-state index in [9.17, 15) is 4.79 Å². The summed E-state index contributed by atoms with van der Waals surface area (Å²) in [6, 6.07) is 6.71. The van der Waals surface area contributed by atoms with Gasteiger partial charge in [-0.2, -0.15) is 0 Å². The fourth-order valence-corrected chi connectivity index (χ4v) is 3.60. The summed E-state index contributed by atoms with van der Waals surface area (Å²) in [5.74, 6) is 0.896. The van der Waals surface area contributed by atoms with Crippen molar-refractivity contribution in [1.82, 2.24) is 15.2 Å². The molecule has 5 nitrogen and oxygen atoms in total. The zero-order valence-electron chi connectivity index (χ0n) is 13.5. The molecule has 0 atom stereocenters. The Hall–Kier alpha value is -2.30. The standard InChI is InChI=1S/C18H22N4O/c1-12-9-17(19-5-7-22-8-6-20-18(22)23)21-16-11-14-4-2-3-13(14)10-15(12)16/h9-11H,2-8H2,1H3,(H,19,21)(H,20,23). The molecule has 2 aliphatic rings. The first-order valence-electron chi connectivity index (χ1n) is 8.40. The molecular formula is C18H22N4O. The van der Waals surface area contributed by atoms with Crippen LogP contribution in [0.5, 0.6) is 0 Å². The van der Waals surface area contributed by atoms with Crippen molar-refractivity contribution in [3.8, 4) is 0 Å². The quantitative estimate of drug-likeness (QED) is 0.912. The third-order valence-corrected chi connectivity index (χ3v) is 4.86. The van der Waals surface area contributed by atoms with Crippen molar-refractivity contribution in [2.75, 3.05) is 31.5 Å². The summed E-state index contributed by atoms with van der Waals surface area (Å²) in [6.07, 6.45) is 3.63. The van der Waals surface area contributed by atoms with E-state index in [0.717, 1.165) is 31.0 Å². The van der Waals surface area contributed by atoms with Crippen molar-refractivity contribution >= 4 is 22.8 Å². The van der Waals surface area contributed by atoms with Crippen LogP contribution in [0.1, 0.15) is 23.1 Å². The Labute approximate surface area is 136 Å². The molecule has 4 rings (SSSR count). The van der Waals surface area contributed by atoms with Gasteiger partial charge < -0.3 is 15.5 Å². The third kappa shape index (κ3) is 2.71. The van der Waals surface area contributed by atoms with Crippen LogP contribution < -0.4 is 10.6 Å². The van der Waals surface area contributed by atoms with Crippen LogP contribution in [0.4, 0.5) is 10.6 Å².